The molecule has 0 saturated carbocycles. The first-order valence-electron chi connectivity index (χ1n) is 6.99. The summed E-state index contributed by atoms with van der Waals surface area (Å²) in [5, 5.41) is 6.90. The van der Waals surface area contributed by atoms with Crippen molar-refractivity contribution in [3.05, 3.63) is 46.6 Å². The third kappa shape index (κ3) is 2.46. The van der Waals surface area contributed by atoms with E-state index < -0.39 is 0 Å². The predicted octanol–water partition coefficient (Wildman–Crippen LogP) is 3.36. The lowest BCUT2D eigenvalue weighted by Crippen LogP contribution is -2.15. The Balaban J connectivity index is 1.80. The largest absolute Gasteiger partial charge is 0.338 e. The number of aryl methyl sites for hydroxylation is 2. The number of benzene rings is 1. The van der Waals surface area contributed by atoms with Crippen LogP contribution >= 0.6 is 0 Å². The molecule has 20 heavy (non-hydrogen) atoms. The van der Waals surface area contributed by atoms with Gasteiger partial charge in [-0.3, -0.25) is 10.1 Å². The number of anilines is 1. The monoisotopic (exact) mass is 270 g/mol. The van der Waals surface area contributed by atoms with Gasteiger partial charge < -0.3 is 4.52 Å². The molecule has 4 heteroatoms. The van der Waals surface area contributed by atoms with Crippen LogP contribution in [0, 0.1) is 12.8 Å². The van der Waals surface area contributed by atoms with Gasteiger partial charge in [-0.05, 0) is 44.2 Å². The first-order valence-corrected chi connectivity index (χ1v) is 6.99. The van der Waals surface area contributed by atoms with Crippen molar-refractivity contribution >= 4 is 11.8 Å². The maximum atomic E-state index is 12.2. The second-order valence-electron chi connectivity index (χ2n) is 5.61. The molecule has 1 amide bonds. The number of fused-ring (bicyclic) bond motifs is 1. The zero-order valence-electron chi connectivity index (χ0n) is 11.8. The van der Waals surface area contributed by atoms with E-state index in [9.17, 15) is 4.79 Å². The van der Waals surface area contributed by atoms with Crippen LogP contribution in [0.4, 0.5) is 5.88 Å². The van der Waals surface area contributed by atoms with E-state index in [2.05, 4.69) is 17.4 Å². The Labute approximate surface area is 118 Å². The van der Waals surface area contributed by atoms with Crippen molar-refractivity contribution in [1.29, 1.82) is 0 Å². The lowest BCUT2D eigenvalue weighted by molar-refractivity contribution is 0.102. The molecule has 1 aromatic carbocycles. The Hall–Kier alpha value is -2.10. The summed E-state index contributed by atoms with van der Waals surface area (Å²) in [7, 11) is 0. The number of carbonyl (C=O) groups is 1. The van der Waals surface area contributed by atoms with Gasteiger partial charge in [0.05, 0.1) is 5.69 Å². The molecule has 3 rings (SSSR count). The van der Waals surface area contributed by atoms with E-state index in [-0.39, 0.29) is 5.91 Å². The normalized spacial score (nSPS) is 17.6. The Bertz CT molecular complexity index is 628. The maximum Gasteiger partial charge on any atom is 0.258 e. The number of nitrogens with one attached hydrogen (secondary N) is 1. The molecule has 1 aliphatic carbocycles. The van der Waals surface area contributed by atoms with Crippen LogP contribution in [0.25, 0.3) is 0 Å². The SMILES string of the molecule is Cc1ccc(C(=O)Nc2onc3c2C[C@@H](C)CC3)cc1. The van der Waals surface area contributed by atoms with Crippen LogP contribution in [0.3, 0.4) is 0 Å². The molecule has 0 spiro atoms. The second-order valence-corrected chi connectivity index (χ2v) is 5.61. The van der Waals surface area contributed by atoms with Gasteiger partial charge in [-0.2, -0.15) is 0 Å². The molecule has 1 atom stereocenters. The van der Waals surface area contributed by atoms with Gasteiger partial charge in [-0.25, -0.2) is 0 Å². The van der Waals surface area contributed by atoms with Gasteiger partial charge >= 0.3 is 0 Å². The fraction of sp³-hybridized carbons (Fsp3) is 0.375. The smallest absolute Gasteiger partial charge is 0.258 e. The number of aromatic nitrogens is 1. The minimum Gasteiger partial charge on any atom is -0.338 e. The predicted molar refractivity (Wildman–Crippen MR) is 76.8 cm³/mol. The van der Waals surface area contributed by atoms with E-state index in [0.717, 1.165) is 36.1 Å². The fourth-order valence-corrected chi connectivity index (χ4v) is 2.56. The standard InChI is InChI=1S/C16H18N2O2/c1-10-3-6-12(7-4-10)15(19)17-16-13-9-11(2)5-8-14(13)18-20-16/h3-4,6-7,11H,5,8-9H2,1-2H3,(H,17,19)/t11-/m0/s1. The van der Waals surface area contributed by atoms with E-state index in [0.29, 0.717) is 17.4 Å². The second kappa shape index (κ2) is 5.12. The van der Waals surface area contributed by atoms with E-state index >= 15 is 0 Å². The Kier molecular flexibility index (Phi) is 3.30. The summed E-state index contributed by atoms with van der Waals surface area (Å²) in [5.41, 5.74) is 3.81. The number of rotatable bonds is 2. The van der Waals surface area contributed by atoms with Crippen molar-refractivity contribution in [2.45, 2.75) is 33.1 Å². The van der Waals surface area contributed by atoms with Gasteiger partial charge in [-0.15, -0.1) is 0 Å². The molecule has 2 aromatic rings. The Morgan fingerprint density at radius 3 is 2.85 bits per heavy atom. The topological polar surface area (TPSA) is 55.1 Å². The summed E-state index contributed by atoms with van der Waals surface area (Å²) >= 11 is 0. The molecule has 1 aliphatic rings. The molecule has 0 saturated heterocycles. The first kappa shape index (κ1) is 12.9. The Morgan fingerprint density at radius 2 is 2.10 bits per heavy atom. The summed E-state index contributed by atoms with van der Waals surface area (Å²) in [5.74, 6) is 0.969. The maximum absolute atomic E-state index is 12.2. The summed E-state index contributed by atoms with van der Waals surface area (Å²) in [6.07, 6.45) is 2.98. The molecular weight excluding hydrogens is 252 g/mol. The van der Waals surface area contributed by atoms with Gasteiger partial charge in [-0.1, -0.05) is 29.8 Å². The van der Waals surface area contributed by atoms with Gasteiger partial charge in [0, 0.05) is 11.1 Å². The zero-order chi connectivity index (χ0) is 14.1. The zero-order valence-corrected chi connectivity index (χ0v) is 11.8. The number of hydrogen-bond acceptors (Lipinski definition) is 3. The highest BCUT2D eigenvalue weighted by Crippen LogP contribution is 2.30. The third-order valence-corrected chi connectivity index (χ3v) is 3.84. The van der Waals surface area contributed by atoms with Crippen LogP contribution in [0.15, 0.2) is 28.8 Å². The van der Waals surface area contributed by atoms with Crippen LogP contribution in [0.5, 0.6) is 0 Å². The summed E-state index contributed by atoms with van der Waals surface area (Å²) in [6.45, 7) is 4.21. The lowest BCUT2D eigenvalue weighted by atomic mass is 9.89. The minimum atomic E-state index is -0.151. The van der Waals surface area contributed by atoms with Crippen LogP contribution in [0.2, 0.25) is 0 Å². The molecule has 0 bridgehead atoms. The molecule has 4 nitrogen and oxygen atoms in total. The van der Waals surface area contributed by atoms with E-state index in [1.54, 1.807) is 0 Å². The van der Waals surface area contributed by atoms with Crippen LogP contribution in [-0.2, 0) is 12.8 Å². The fourth-order valence-electron chi connectivity index (χ4n) is 2.56. The molecule has 0 aliphatic heterocycles. The van der Waals surface area contributed by atoms with Crippen molar-refractivity contribution in [3.8, 4) is 0 Å². The molecule has 1 heterocycles. The van der Waals surface area contributed by atoms with E-state index in [1.165, 1.54) is 0 Å². The summed E-state index contributed by atoms with van der Waals surface area (Å²) < 4.78 is 5.30. The quantitative estimate of drug-likeness (QED) is 0.910. The highest BCUT2D eigenvalue weighted by atomic mass is 16.5. The first-order chi connectivity index (χ1) is 9.63. The molecular formula is C16H18N2O2. The summed E-state index contributed by atoms with van der Waals surface area (Å²) in [4.78, 5) is 12.2. The molecule has 1 aromatic heterocycles. The van der Waals surface area contributed by atoms with Gasteiger partial charge in [0.25, 0.3) is 5.91 Å². The van der Waals surface area contributed by atoms with Crippen LogP contribution in [-0.4, -0.2) is 11.1 Å². The van der Waals surface area contributed by atoms with Crippen molar-refractivity contribution in [2.24, 2.45) is 5.92 Å². The molecule has 0 fully saturated rings. The van der Waals surface area contributed by atoms with Crippen LogP contribution < -0.4 is 5.32 Å². The molecule has 0 unspecified atom stereocenters. The highest BCUT2D eigenvalue weighted by Gasteiger charge is 2.24. The lowest BCUT2D eigenvalue weighted by Gasteiger charge is -2.16. The van der Waals surface area contributed by atoms with Gasteiger partial charge in [0.2, 0.25) is 5.88 Å². The Morgan fingerprint density at radius 1 is 1.35 bits per heavy atom. The minimum absolute atomic E-state index is 0.151. The van der Waals surface area contributed by atoms with Gasteiger partial charge in [0.15, 0.2) is 0 Å². The highest BCUT2D eigenvalue weighted by molar-refractivity contribution is 6.03. The van der Waals surface area contributed by atoms with Gasteiger partial charge in [0.1, 0.15) is 0 Å². The molecule has 104 valence electrons. The summed E-state index contributed by atoms with van der Waals surface area (Å²) in [6, 6.07) is 7.48. The molecule has 1 N–H and O–H groups in total. The van der Waals surface area contributed by atoms with Crippen molar-refractivity contribution in [1.82, 2.24) is 5.16 Å². The number of carbonyl (C=O) groups excluding carboxylic acids is 1. The molecule has 0 radical (unpaired) electrons. The van der Waals surface area contributed by atoms with Crippen molar-refractivity contribution in [2.75, 3.05) is 5.32 Å². The van der Waals surface area contributed by atoms with Crippen molar-refractivity contribution < 1.29 is 9.32 Å². The van der Waals surface area contributed by atoms with E-state index in [1.807, 2.05) is 31.2 Å². The van der Waals surface area contributed by atoms with Crippen LogP contribution in [0.1, 0.15) is 40.5 Å². The number of nitrogens with zero attached hydrogens (tertiary/aromatic N) is 1. The average Bonchev–Trinajstić information content (AvgIpc) is 2.82. The number of hydrogen-bond donors (Lipinski definition) is 1. The number of amides is 1. The third-order valence-electron chi connectivity index (χ3n) is 3.84. The van der Waals surface area contributed by atoms with Crippen molar-refractivity contribution in [3.63, 3.8) is 0 Å². The van der Waals surface area contributed by atoms with E-state index in [4.69, 9.17) is 4.52 Å². The average molecular weight is 270 g/mol.